The summed E-state index contributed by atoms with van der Waals surface area (Å²) in [6.45, 7) is 4.35. The van der Waals surface area contributed by atoms with Crippen molar-refractivity contribution in [3.8, 4) is 0 Å². The van der Waals surface area contributed by atoms with Crippen molar-refractivity contribution in [2.24, 2.45) is 0 Å². The van der Waals surface area contributed by atoms with Crippen LogP contribution >= 0.6 is 15.9 Å². The van der Waals surface area contributed by atoms with Crippen LogP contribution in [-0.2, 0) is 10.2 Å². The maximum atomic E-state index is 12.3. The van der Waals surface area contributed by atoms with Gasteiger partial charge >= 0.3 is 0 Å². The zero-order chi connectivity index (χ0) is 12.0. The average Bonchev–Trinajstić information content (AvgIpc) is 2.54. The number of hydrogen-bond acceptors (Lipinski definition) is 2. The lowest BCUT2D eigenvalue weighted by atomic mass is 10.2. The Kier molecular flexibility index (Phi) is 6.25. The standard InChI is InChI=1S/C10H21BrN2O2S/c1-2-12(10-7-11)16(14,15)13-8-5-3-4-6-9-13/h2-10H2,1H3. The van der Waals surface area contributed by atoms with Crippen molar-refractivity contribution in [2.75, 3.05) is 31.5 Å². The van der Waals surface area contributed by atoms with Gasteiger partial charge < -0.3 is 0 Å². The van der Waals surface area contributed by atoms with Crippen molar-refractivity contribution >= 4 is 26.1 Å². The number of halogens is 1. The van der Waals surface area contributed by atoms with Gasteiger partial charge in [-0.05, 0) is 12.8 Å². The van der Waals surface area contributed by atoms with Crippen LogP contribution in [0.1, 0.15) is 32.6 Å². The van der Waals surface area contributed by atoms with E-state index in [4.69, 9.17) is 0 Å². The van der Waals surface area contributed by atoms with Crippen LogP contribution in [0.4, 0.5) is 0 Å². The summed E-state index contributed by atoms with van der Waals surface area (Å²) >= 11 is 3.30. The van der Waals surface area contributed by atoms with E-state index in [1.807, 2.05) is 6.92 Å². The summed E-state index contributed by atoms with van der Waals surface area (Å²) in [6, 6.07) is 0. The smallest absolute Gasteiger partial charge is 0.195 e. The Morgan fingerprint density at radius 2 is 1.75 bits per heavy atom. The van der Waals surface area contributed by atoms with Crippen LogP contribution in [0.15, 0.2) is 0 Å². The molecular formula is C10H21BrN2O2S. The summed E-state index contributed by atoms with van der Waals surface area (Å²) in [5.74, 6) is 0. The lowest BCUT2D eigenvalue weighted by Crippen LogP contribution is -2.44. The lowest BCUT2D eigenvalue weighted by Gasteiger charge is -2.27. The van der Waals surface area contributed by atoms with Crippen molar-refractivity contribution in [3.05, 3.63) is 0 Å². The number of hydrogen-bond donors (Lipinski definition) is 0. The van der Waals surface area contributed by atoms with Gasteiger partial charge in [0.2, 0.25) is 0 Å². The van der Waals surface area contributed by atoms with Gasteiger partial charge in [0.1, 0.15) is 0 Å². The molecule has 0 atom stereocenters. The van der Waals surface area contributed by atoms with E-state index in [-0.39, 0.29) is 0 Å². The van der Waals surface area contributed by atoms with Gasteiger partial charge in [0.25, 0.3) is 10.2 Å². The molecule has 1 aliphatic rings. The van der Waals surface area contributed by atoms with E-state index in [0.29, 0.717) is 31.5 Å². The second-order valence-corrected chi connectivity index (χ2v) is 6.72. The molecule has 0 aromatic heterocycles. The van der Waals surface area contributed by atoms with Gasteiger partial charge in [0.05, 0.1) is 0 Å². The highest BCUT2D eigenvalue weighted by atomic mass is 79.9. The maximum Gasteiger partial charge on any atom is 0.281 e. The highest BCUT2D eigenvalue weighted by Gasteiger charge is 2.28. The monoisotopic (exact) mass is 312 g/mol. The zero-order valence-electron chi connectivity index (χ0n) is 9.86. The third-order valence-corrected chi connectivity index (χ3v) is 5.37. The average molecular weight is 313 g/mol. The van der Waals surface area contributed by atoms with E-state index in [1.54, 1.807) is 8.61 Å². The van der Waals surface area contributed by atoms with Crippen LogP contribution in [0, 0.1) is 0 Å². The van der Waals surface area contributed by atoms with Crippen molar-refractivity contribution in [2.45, 2.75) is 32.6 Å². The summed E-state index contributed by atoms with van der Waals surface area (Å²) in [7, 11) is -3.22. The van der Waals surface area contributed by atoms with Gasteiger partial charge in [0, 0.05) is 31.5 Å². The largest absolute Gasteiger partial charge is 0.281 e. The first-order valence-corrected chi connectivity index (χ1v) is 8.46. The highest BCUT2D eigenvalue weighted by molar-refractivity contribution is 9.09. The van der Waals surface area contributed by atoms with Crippen LogP contribution in [-0.4, -0.2) is 48.5 Å². The quantitative estimate of drug-likeness (QED) is 0.727. The van der Waals surface area contributed by atoms with Gasteiger partial charge in [-0.25, -0.2) is 0 Å². The summed E-state index contributed by atoms with van der Waals surface area (Å²) < 4.78 is 27.8. The van der Waals surface area contributed by atoms with E-state index >= 15 is 0 Å². The molecule has 6 heteroatoms. The second kappa shape index (κ2) is 6.93. The third kappa shape index (κ3) is 3.68. The topological polar surface area (TPSA) is 40.6 Å². The summed E-state index contributed by atoms with van der Waals surface area (Å²) in [4.78, 5) is 0. The van der Waals surface area contributed by atoms with Gasteiger partial charge in [0.15, 0.2) is 0 Å². The Morgan fingerprint density at radius 1 is 1.19 bits per heavy atom. The maximum absolute atomic E-state index is 12.3. The number of rotatable bonds is 5. The van der Waals surface area contributed by atoms with Crippen LogP contribution in [0.5, 0.6) is 0 Å². The Morgan fingerprint density at radius 3 is 2.19 bits per heavy atom. The van der Waals surface area contributed by atoms with Crippen molar-refractivity contribution < 1.29 is 8.42 Å². The van der Waals surface area contributed by atoms with Gasteiger partial charge in [-0.1, -0.05) is 35.7 Å². The molecule has 16 heavy (non-hydrogen) atoms. The molecule has 1 heterocycles. The summed E-state index contributed by atoms with van der Waals surface area (Å²) in [5, 5.41) is 0.688. The van der Waals surface area contributed by atoms with Crippen molar-refractivity contribution in [3.63, 3.8) is 0 Å². The predicted octanol–water partition coefficient (Wildman–Crippen LogP) is 1.82. The molecule has 0 saturated carbocycles. The molecule has 0 unspecified atom stereocenters. The molecule has 1 saturated heterocycles. The summed E-state index contributed by atoms with van der Waals surface area (Å²) in [6.07, 6.45) is 4.28. The highest BCUT2D eigenvalue weighted by Crippen LogP contribution is 2.16. The molecule has 0 spiro atoms. The predicted molar refractivity (Wildman–Crippen MR) is 70.0 cm³/mol. The minimum atomic E-state index is -3.22. The Bertz CT molecular complexity index is 287. The van der Waals surface area contributed by atoms with Gasteiger partial charge in [-0.3, -0.25) is 0 Å². The molecule has 0 radical (unpaired) electrons. The van der Waals surface area contributed by atoms with E-state index in [9.17, 15) is 8.42 Å². The molecule has 0 aromatic carbocycles. The second-order valence-electron chi connectivity index (χ2n) is 4.00. The summed E-state index contributed by atoms with van der Waals surface area (Å²) in [5.41, 5.74) is 0. The first-order valence-electron chi connectivity index (χ1n) is 5.94. The van der Waals surface area contributed by atoms with E-state index in [2.05, 4.69) is 15.9 Å². The molecular weight excluding hydrogens is 292 g/mol. The van der Waals surface area contributed by atoms with E-state index in [0.717, 1.165) is 25.7 Å². The Balaban J connectivity index is 2.72. The molecule has 1 aliphatic heterocycles. The first-order chi connectivity index (χ1) is 7.62. The molecule has 96 valence electrons. The normalized spacial score (nSPS) is 19.9. The number of nitrogens with zero attached hydrogens (tertiary/aromatic N) is 2. The van der Waals surface area contributed by atoms with Crippen molar-refractivity contribution in [1.82, 2.24) is 8.61 Å². The zero-order valence-corrected chi connectivity index (χ0v) is 12.3. The molecule has 0 aliphatic carbocycles. The molecule has 0 aromatic rings. The van der Waals surface area contributed by atoms with Gasteiger partial charge in [-0.2, -0.15) is 17.0 Å². The van der Waals surface area contributed by atoms with Crippen LogP contribution in [0.2, 0.25) is 0 Å². The van der Waals surface area contributed by atoms with Gasteiger partial charge in [-0.15, -0.1) is 0 Å². The molecule has 0 bridgehead atoms. The molecule has 0 N–H and O–H groups in total. The molecule has 0 amide bonds. The first kappa shape index (κ1) is 14.4. The number of alkyl halides is 1. The Labute approximate surface area is 107 Å². The van der Waals surface area contributed by atoms with Crippen LogP contribution in [0.25, 0.3) is 0 Å². The molecule has 1 fully saturated rings. The molecule has 1 rings (SSSR count). The van der Waals surface area contributed by atoms with Crippen LogP contribution in [0.3, 0.4) is 0 Å². The Hall–Kier alpha value is 0.350. The van der Waals surface area contributed by atoms with E-state index < -0.39 is 10.2 Å². The third-order valence-electron chi connectivity index (χ3n) is 2.90. The van der Waals surface area contributed by atoms with Crippen molar-refractivity contribution in [1.29, 1.82) is 0 Å². The fraction of sp³-hybridized carbons (Fsp3) is 1.00. The SMILES string of the molecule is CCN(CCBr)S(=O)(=O)N1CCCCCC1. The minimum absolute atomic E-state index is 0.546. The fourth-order valence-electron chi connectivity index (χ4n) is 1.97. The minimum Gasteiger partial charge on any atom is -0.195 e. The lowest BCUT2D eigenvalue weighted by molar-refractivity contribution is 0.355. The van der Waals surface area contributed by atoms with E-state index in [1.165, 1.54) is 0 Å². The molecule has 4 nitrogen and oxygen atoms in total. The fourth-order valence-corrected chi connectivity index (χ4v) is 4.32. The van der Waals surface area contributed by atoms with Crippen LogP contribution < -0.4 is 0 Å².